The number of esters is 1. The van der Waals surface area contributed by atoms with Gasteiger partial charge in [-0.1, -0.05) is 36.7 Å². The number of hydrogen-bond donors (Lipinski definition) is 1. The second kappa shape index (κ2) is 9.54. The number of amides is 1. The molecule has 1 amide bonds. The molecular weight excluding hydrogens is 376 g/mol. The highest BCUT2D eigenvalue weighted by Crippen LogP contribution is 2.27. The lowest BCUT2D eigenvalue weighted by Crippen LogP contribution is -2.31. The van der Waals surface area contributed by atoms with Gasteiger partial charge in [-0.15, -0.1) is 0 Å². The van der Waals surface area contributed by atoms with Crippen LogP contribution in [-0.4, -0.2) is 29.5 Å². The van der Waals surface area contributed by atoms with Crippen molar-refractivity contribution in [1.29, 1.82) is 0 Å². The van der Waals surface area contributed by atoms with Gasteiger partial charge in [0.25, 0.3) is 11.6 Å². The number of halogens is 1. The van der Waals surface area contributed by atoms with Gasteiger partial charge in [0.15, 0.2) is 12.7 Å². The normalized spacial score (nSPS) is 11.3. The molecule has 0 aromatic heterocycles. The highest BCUT2D eigenvalue weighted by molar-refractivity contribution is 6.32. The van der Waals surface area contributed by atoms with Gasteiger partial charge in [-0.25, -0.2) is 4.79 Å². The molecular formula is C18H17ClN2O6. The summed E-state index contributed by atoms with van der Waals surface area (Å²) in [6.45, 7) is 1.20. The maximum atomic E-state index is 12.1. The van der Waals surface area contributed by atoms with E-state index < -0.39 is 29.5 Å². The monoisotopic (exact) mass is 392 g/mol. The Morgan fingerprint density at radius 2 is 1.93 bits per heavy atom. The minimum atomic E-state index is -0.850. The van der Waals surface area contributed by atoms with Crippen LogP contribution in [-0.2, 0) is 14.3 Å². The number of carbonyl (C=O) groups excluding carboxylic acids is 2. The lowest BCUT2D eigenvalue weighted by atomic mass is 10.2. The molecule has 0 aliphatic heterocycles. The van der Waals surface area contributed by atoms with Crippen molar-refractivity contribution in [3.8, 4) is 5.75 Å². The molecule has 0 aliphatic rings. The Labute approximate surface area is 160 Å². The standard InChI is InChI=1S/C18H17ClN2O6/c1-2-16(27-13-6-4-3-5-7-13)18(23)26-11-17(22)20-12-8-9-14(19)15(10-12)21(24)25/h3-10,16H,2,11H2,1H3,(H,20,22)/t16-/m0/s1. The SMILES string of the molecule is CC[C@H](Oc1ccccc1)C(=O)OCC(=O)Nc1ccc(Cl)c([N+](=O)[O-])c1. The van der Waals surface area contributed by atoms with E-state index >= 15 is 0 Å². The smallest absolute Gasteiger partial charge is 0.347 e. The summed E-state index contributed by atoms with van der Waals surface area (Å²) in [5.41, 5.74) is -0.173. The van der Waals surface area contributed by atoms with Gasteiger partial charge >= 0.3 is 5.97 Å². The van der Waals surface area contributed by atoms with Crippen LogP contribution in [0.3, 0.4) is 0 Å². The third-order valence-corrected chi connectivity index (χ3v) is 3.75. The first-order chi connectivity index (χ1) is 12.9. The maximum Gasteiger partial charge on any atom is 0.347 e. The van der Waals surface area contributed by atoms with Crippen molar-refractivity contribution in [2.24, 2.45) is 0 Å². The van der Waals surface area contributed by atoms with Crippen molar-refractivity contribution in [3.63, 3.8) is 0 Å². The molecule has 9 heteroatoms. The van der Waals surface area contributed by atoms with E-state index in [0.717, 1.165) is 6.07 Å². The minimum Gasteiger partial charge on any atom is -0.479 e. The number of nitro groups is 1. The van der Waals surface area contributed by atoms with Gasteiger partial charge in [0.1, 0.15) is 10.8 Å². The van der Waals surface area contributed by atoms with Crippen molar-refractivity contribution in [2.75, 3.05) is 11.9 Å². The van der Waals surface area contributed by atoms with Gasteiger partial charge in [0.05, 0.1) is 4.92 Å². The number of nitrogens with one attached hydrogen (secondary N) is 1. The van der Waals surface area contributed by atoms with E-state index in [1.54, 1.807) is 31.2 Å². The zero-order chi connectivity index (χ0) is 19.8. The van der Waals surface area contributed by atoms with E-state index in [9.17, 15) is 19.7 Å². The first-order valence-corrected chi connectivity index (χ1v) is 8.40. The van der Waals surface area contributed by atoms with Gasteiger partial charge in [-0.05, 0) is 30.7 Å². The fourth-order valence-electron chi connectivity index (χ4n) is 2.12. The van der Waals surface area contributed by atoms with E-state index in [1.165, 1.54) is 12.1 Å². The fraction of sp³-hybridized carbons (Fsp3) is 0.222. The van der Waals surface area contributed by atoms with Gasteiger partial charge in [0, 0.05) is 11.8 Å². The molecule has 1 N–H and O–H groups in total. The summed E-state index contributed by atoms with van der Waals surface area (Å²) in [5.74, 6) is -0.813. The van der Waals surface area contributed by atoms with Crippen LogP contribution < -0.4 is 10.1 Å². The fourth-order valence-corrected chi connectivity index (χ4v) is 2.31. The Balaban J connectivity index is 1.89. The number of para-hydroxylation sites is 1. The Morgan fingerprint density at radius 3 is 2.56 bits per heavy atom. The topological polar surface area (TPSA) is 108 Å². The number of ether oxygens (including phenoxy) is 2. The summed E-state index contributed by atoms with van der Waals surface area (Å²) < 4.78 is 10.5. The largest absolute Gasteiger partial charge is 0.479 e. The summed E-state index contributed by atoms with van der Waals surface area (Å²) >= 11 is 5.71. The molecule has 0 aliphatic carbocycles. The first kappa shape index (κ1) is 20.2. The molecule has 142 valence electrons. The van der Waals surface area contributed by atoms with Crippen molar-refractivity contribution in [2.45, 2.75) is 19.4 Å². The predicted molar refractivity (Wildman–Crippen MR) is 98.8 cm³/mol. The second-order valence-electron chi connectivity index (χ2n) is 5.41. The molecule has 0 spiro atoms. The van der Waals surface area contributed by atoms with E-state index in [4.69, 9.17) is 21.1 Å². The molecule has 2 aromatic carbocycles. The molecule has 0 saturated carbocycles. The zero-order valence-corrected chi connectivity index (χ0v) is 15.1. The van der Waals surface area contributed by atoms with Gasteiger partial charge in [0.2, 0.25) is 0 Å². The molecule has 0 saturated heterocycles. The predicted octanol–water partition coefficient (Wildman–Crippen LogP) is 3.59. The van der Waals surface area contributed by atoms with Crippen molar-refractivity contribution >= 4 is 34.9 Å². The molecule has 2 rings (SSSR count). The van der Waals surface area contributed by atoms with Crippen LogP contribution in [0.15, 0.2) is 48.5 Å². The van der Waals surface area contributed by atoms with Crippen molar-refractivity contribution < 1.29 is 24.0 Å². The van der Waals surface area contributed by atoms with Crippen molar-refractivity contribution in [3.05, 3.63) is 63.7 Å². The van der Waals surface area contributed by atoms with Crippen LogP contribution >= 0.6 is 11.6 Å². The van der Waals surface area contributed by atoms with E-state index in [-0.39, 0.29) is 16.4 Å². The molecule has 0 heterocycles. The van der Waals surface area contributed by atoms with Crippen LogP contribution in [0.4, 0.5) is 11.4 Å². The molecule has 27 heavy (non-hydrogen) atoms. The Kier molecular flexibility index (Phi) is 7.13. The molecule has 0 fully saturated rings. The average molecular weight is 393 g/mol. The number of rotatable bonds is 8. The summed E-state index contributed by atoms with van der Waals surface area (Å²) in [6.07, 6.45) is -0.490. The number of nitrogens with zero attached hydrogens (tertiary/aromatic N) is 1. The second-order valence-corrected chi connectivity index (χ2v) is 5.81. The summed E-state index contributed by atoms with van der Waals surface area (Å²) in [5, 5.41) is 13.2. The van der Waals surface area contributed by atoms with Crippen LogP contribution in [0.5, 0.6) is 5.75 Å². The number of anilines is 1. The minimum absolute atomic E-state index is 0.0479. The van der Waals surface area contributed by atoms with E-state index in [0.29, 0.717) is 12.2 Å². The van der Waals surface area contributed by atoms with Gasteiger partial charge in [-0.3, -0.25) is 14.9 Å². The lowest BCUT2D eigenvalue weighted by Gasteiger charge is -2.16. The highest BCUT2D eigenvalue weighted by atomic mass is 35.5. The zero-order valence-electron chi connectivity index (χ0n) is 14.4. The molecule has 8 nitrogen and oxygen atoms in total. The molecule has 0 radical (unpaired) electrons. The molecule has 0 unspecified atom stereocenters. The van der Waals surface area contributed by atoms with Crippen LogP contribution in [0.2, 0.25) is 5.02 Å². The summed E-state index contributed by atoms with van der Waals surface area (Å²) in [4.78, 5) is 34.2. The molecule has 2 aromatic rings. The molecule has 0 bridgehead atoms. The first-order valence-electron chi connectivity index (χ1n) is 8.02. The summed E-state index contributed by atoms with van der Waals surface area (Å²) in [6, 6.07) is 12.6. The third kappa shape index (κ3) is 5.96. The number of nitro benzene ring substituents is 1. The van der Waals surface area contributed by atoms with Crippen LogP contribution in [0.25, 0.3) is 0 Å². The molecule has 1 atom stereocenters. The van der Waals surface area contributed by atoms with E-state index in [1.807, 2.05) is 6.07 Å². The van der Waals surface area contributed by atoms with E-state index in [2.05, 4.69) is 5.32 Å². The Morgan fingerprint density at radius 1 is 1.22 bits per heavy atom. The van der Waals surface area contributed by atoms with Crippen LogP contribution in [0.1, 0.15) is 13.3 Å². The van der Waals surface area contributed by atoms with Gasteiger partial charge < -0.3 is 14.8 Å². The average Bonchev–Trinajstić information content (AvgIpc) is 2.66. The Bertz CT molecular complexity index is 828. The van der Waals surface area contributed by atoms with Gasteiger partial charge in [-0.2, -0.15) is 0 Å². The number of benzene rings is 2. The maximum absolute atomic E-state index is 12.1. The highest BCUT2D eigenvalue weighted by Gasteiger charge is 2.21. The number of carbonyl (C=O) groups is 2. The summed E-state index contributed by atoms with van der Waals surface area (Å²) in [7, 11) is 0. The Hall–Kier alpha value is -3.13. The third-order valence-electron chi connectivity index (χ3n) is 3.43. The number of hydrogen-bond acceptors (Lipinski definition) is 6. The quantitative estimate of drug-likeness (QED) is 0.418. The lowest BCUT2D eigenvalue weighted by molar-refractivity contribution is -0.384. The van der Waals surface area contributed by atoms with Crippen molar-refractivity contribution in [1.82, 2.24) is 0 Å². The van der Waals surface area contributed by atoms with Crippen LogP contribution in [0, 0.1) is 10.1 Å².